The third-order valence-corrected chi connectivity index (χ3v) is 3.37. The van der Waals surface area contributed by atoms with Crippen LogP contribution in [0.5, 0.6) is 0 Å². The van der Waals surface area contributed by atoms with Crippen molar-refractivity contribution in [3.8, 4) is 0 Å². The molecule has 0 heterocycles. The molecule has 0 saturated carbocycles. The lowest BCUT2D eigenvalue weighted by atomic mass is 9.96. The number of nitrogens with one attached hydrogen (secondary N) is 1. The van der Waals surface area contributed by atoms with Crippen LogP contribution in [0, 0.1) is 6.92 Å². The third kappa shape index (κ3) is 3.15. The Hall–Kier alpha value is -1.80. The fraction of sp³-hybridized carbons (Fsp3) is 0.294. The minimum Gasteiger partial charge on any atom is -0.388 e. The van der Waals surface area contributed by atoms with Crippen LogP contribution < -0.4 is 5.32 Å². The smallest absolute Gasteiger partial charge is 0.0597 e. The molecule has 2 rings (SSSR count). The summed E-state index contributed by atoms with van der Waals surface area (Å²) in [4.78, 5) is 2.25. The maximum absolute atomic E-state index is 3.21. The Balaban J connectivity index is 2.45. The summed E-state index contributed by atoms with van der Waals surface area (Å²) in [6.45, 7) is 2.14. The number of nitrogens with zero attached hydrogens (tertiary/aromatic N) is 1. The van der Waals surface area contributed by atoms with Crippen LogP contribution in [0.1, 0.15) is 22.7 Å². The number of benzene rings is 2. The minimum absolute atomic E-state index is 0.285. The maximum atomic E-state index is 3.21. The predicted molar refractivity (Wildman–Crippen MR) is 82.7 cm³/mol. The van der Waals surface area contributed by atoms with E-state index in [4.69, 9.17) is 0 Å². The van der Waals surface area contributed by atoms with Gasteiger partial charge >= 0.3 is 0 Å². The first-order valence-corrected chi connectivity index (χ1v) is 6.62. The van der Waals surface area contributed by atoms with Crippen LogP contribution >= 0.6 is 0 Å². The molecule has 0 aliphatic rings. The zero-order valence-corrected chi connectivity index (χ0v) is 12.1. The molecule has 2 aromatic carbocycles. The molecule has 0 saturated heterocycles. The molecule has 0 amide bonds. The lowest BCUT2D eigenvalue weighted by molar-refractivity contribution is 0.342. The number of hydrogen-bond donors (Lipinski definition) is 1. The van der Waals surface area contributed by atoms with Gasteiger partial charge in [0.25, 0.3) is 0 Å². The second kappa shape index (κ2) is 5.89. The number of aryl methyl sites for hydroxylation is 1. The van der Waals surface area contributed by atoms with Crippen LogP contribution in [0.25, 0.3) is 0 Å². The summed E-state index contributed by atoms with van der Waals surface area (Å²) in [7, 11) is 6.20. The molecule has 100 valence electrons. The van der Waals surface area contributed by atoms with E-state index in [2.05, 4.69) is 79.8 Å². The largest absolute Gasteiger partial charge is 0.388 e. The molecule has 2 heteroatoms. The highest BCUT2D eigenvalue weighted by Crippen LogP contribution is 2.28. The van der Waals surface area contributed by atoms with Gasteiger partial charge < -0.3 is 5.32 Å². The first kappa shape index (κ1) is 13.6. The van der Waals surface area contributed by atoms with Gasteiger partial charge in [0.1, 0.15) is 0 Å². The topological polar surface area (TPSA) is 15.3 Å². The van der Waals surface area contributed by atoms with Gasteiger partial charge in [0.2, 0.25) is 0 Å². The summed E-state index contributed by atoms with van der Waals surface area (Å²) in [6, 6.07) is 17.6. The van der Waals surface area contributed by atoms with Crippen LogP contribution in [0.3, 0.4) is 0 Å². The number of anilines is 1. The molecule has 1 N–H and O–H groups in total. The molecule has 0 spiro atoms. The van der Waals surface area contributed by atoms with Crippen molar-refractivity contribution in [2.45, 2.75) is 13.0 Å². The van der Waals surface area contributed by atoms with Crippen LogP contribution in [0.15, 0.2) is 48.5 Å². The summed E-state index contributed by atoms with van der Waals surface area (Å²) in [5.74, 6) is 0. The van der Waals surface area contributed by atoms with Crippen LogP contribution in [-0.2, 0) is 0 Å². The van der Waals surface area contributed by atoms with E-state index in [0.717, 1.165) is 5.69 Å². The molecule has 19 heavy (non-hydrogen) atoms. The highest BCUT2D eigenvalue weighted by molar-refractivity contribution is 5.47. The molecule has 2 aromatic rings. The molecular weight excluding hydrogens is 232 g/mol. The highest BCUT2D eigenvalue weighted by atomic mass is 15.1. The van der Waals surface area contributed by atoms with Crippen molar-refractivity contribution in [2.75, 3.05) is 26.5 Å². The van der Waals surface area contributed by atoms with Crippen LogP contribution in [0.4, 0.5) is 5.69 Å². The lowest BCUT2D eigenvalue weighted by Gasteiger charge is -2.26. The molecule has 1 unspecified atom stereocenters. The van der Waals surface area contributed by atoms with E-state index in [9.17, 15) is 0 Å². The van der Waals surface area contributed by atoms with Crippen LogP contribution in [0.2, 0.25) is 0 Å². The van der Waals surface area contributed by atoms with Crippen molar-refractivity contribution in [2.24, 2.45) is 0 Å². The first-order chi connectivity index (χ1) is 9.11. The molecule has 0 aliphatic heterocycles. The monoisotopic (exact) mass is 254 g/mol. The lowest BCUT2D eigenvalue weighted by Crippen LogP contribution is -2.21. The van der Waals surface area contributed by atoms with Crippen molar-refractivity contribution in [1.82, 2.24) is 4.90 Å². The van der Waals surface area contributed by atoms with E-state index in [-0.39, 0.29) is 6.04 Å². The zero-order chi connectivity index (χ0) is 13.8. The average molecular weight is 254 g/mol. The van der Waals surface area contributed by atoms with Gasteiger partial charge in [-0.1, -0.05) is 42.0 Å². The molecule has 0 fully saturated rings. The van der Waals surface area contributed by atoms with Gasteiger partial charge in [0.05, 0.1) is 6.04 Å². The van der Waals surface area contributed by atoms with E-state index in [1.807, 2.05) is 7.05 Å². The van der Waals surface area contributed by atoms with E-state index < -0.39 is 0 Å². The molecule has 2 nitrogen and oxygen atoms in total. The zero-order valence-electron chi connectivity index (χ0n) is 12.1. The summed E-state index contributed by atoms with van der Waals surface area (Å²) >= 11 is 0. The van der Waals surface area contributed by atoms with Crippen molar-refractivity contribution in [3.05, 3.63) is 65.2 Å². The second-order valence-electron chi connectivity index (χ2n) is 5.16. The van der Waals surface area contributed by atoms with Gasteiger partial charge in [-0.05, 0) is 44.3 Å². The first-order valence-electron chi connectivity index (χ1n) is 6.62. The second-order valence-corrected chi connectivity index (χ2v) is 5.16. The standard InChI is InChI=1S/C17H22N2/c1-13-7-5-8-14(11-13)17(19(3)4)15-9-6-10-16(12-15)18-2/h5-12,17-18H,1-4H3. The molecule has 0 bridgehead atoms. The average Bonchev–Trinajstić information content (AvgIpc) is 2.39. The van der Waals surface area contributed by atoms with Gasteiger partial charge in [-0.3, -0.25) is 4.90 Å². The van der Waals surface area contributed by atoms with Crippen molar-refractivity contribution >= 4 is 5.69 Å². The van der Waals surface area contributed by atoms with Gasteiger partial charge in [-0.25, -0.2) is 0 Å². The normalized spacial score (nSPS) is 12.5. The molecule has 0 aromatic heterocycles. The molecular formula is C17H22N2. The van der Waals surface area contributed by atoms with Crippen molar-refractivity contribution < 1.29 is 0 Å². The highest BCUT2D eigenvalue weighted by Gasteiger charge is 2.16. The van der Waals surface area contributed by atoms with Gasteiger partial charge in [0.15, 0.2) is 0 Å². The van der Waals surface area contributed by atoms with Crippen LogP contribution in [-0.4, -0.2) is 26.0 Å². The van der Waals surface area contributed by atoms with Crippen molar-refractivity contribution in [1.29, 1.82) is 0 Å². The van der Waals surface area contributed by atoms with Gasteiger partial charge in [-0.2, -0.15) is 0 Å². The fourth-order valence-electron chi connectivity index (χ4n) is 2.49. The van der Waals surface area contributed by atoms with Gasteiger partial charge in [0, 0.05) is 12.7 Å². The Morgan fingerprint density at radius 1 is 0.947 bits per heavy atom. The Morgan fingerprint density at radius 3 is 2.16 bits per heavy atom. The Kier molecular flexibility index (Phi) is 4.23. The minimum atomic E-state index is 0.285. The van der Waals surface area contributed by atoms with Crippen molar-refractivity contribution in [3.63, 3.8) is 0 Å². The molecule has 1 atom stereocenters. The Labute approximate surface area is 116 Å². The fourth-order valence-corrected chi connectivity index (χ4v) is 2.49. The van der Waals surface area contributed by atoms with Gasteiger partial charge in [-0.15, -0.1) is 0 Å². The quantitative estimate of drug-likeness (QED) is 0.895. The number of rotatable bonds is 4. The maximum Gasteiger partial charge on any atom is 0.0597 e. The predicted octanol–water partition coefficient (Wildman–Crippen LogP) is 3.69. The molecule has 0 aliphatic carbocycles. The Morgan fingerprint density at radius 2 is 1.58 bits per heavy atom. The SMILES string of the molecule is CNc1cccc(C(c2cccc(C)c2)N(C)C)c1. The summed E-state index contributed by atoms with van der Waals surface area (Å²) in [5, 5.41) is 3.21. The summed E-state index contributed by atoms with van der Waals surface area (Å²) in [6.07, 6.45) is 0. The van der Waals surface area contributed by atoms with E-state index in [1.54, 1.807) is 0 Å². The third-order valence-electron chi connectivity index (χ3n) is 3.37. The number of hydrogen-bond acceptors (Lipinski definition) is 2. The Bertz CT molecular complexity index is 546. The van der Waals surface area contributed by atoms with E-state index >= 15 is 0 Å². The van der Waals surface area contributed by atoms with E-state index in [1.165, 1.54) is 16.7 Å². The van der Waals surface area contributed by atoms with E-state index in [0.29, 0.717) is 0 Å². The summed E-state index contributed by atoms with van der Waals surface area (Å²) in [5.41, 5.74) is 5.09. The molecule has 0 radical (unpaired) electrons. The summed E-state index contributed by atoms with van der Waals surface area (Å²) < 4.78 is 0.